The lowest BCUT2D eigenvalue weighted by atomic mass is 10.2. The van der Waals surface area contributed by atoms with Crippen molar-refractivity contribution in [3.05, 3.63) is 36.9 Å². The molecule has 126 valence electrons. The predicted octanol–water partition coefficient (Wildman–Crippen LogP) is 1.42. The average Bonchev–Trinajstić information content (AvgIpc) is 2.41. The van der Waals surface area contributed by atoms with Gasteiger partial charge in [-0.1, -0.05) is 12.1 Å². The molecule has 0 aliphatic heterocycles. The molecule has 1 rings (SSSR count). The topological polar surface area (TPSA) is 95.6 Å². The molecular weight excluding hydrogens is 318 g/mol. The lowest BCUT2D eigenvalue weighted by molar-refractivity contribution is -0.116. The highest BCUT2D eigenvalue weighted by Crippen LogP contribution is 2.15. The molecule has 2 amide bonds. The fourth-order valence-electron chi connectivity index (χ4n) is 1.86. The number of carbonyl (C=O) groups excluding carboxylic acids is 2. The highest BCUT2D eigenvalue weighted by Gasteiger charge is 2.16. The van der Waals surface area contributed by atoms with Crippen LogP contribution in [-0.4, -0.2) is 43.9 Å². The summed E-state index contributed by atoms with van der Waals surface area (Å²) in [5.74, 6) is -0.524. The van der Waals surface area contributed by atoms with Gasteiger partial charge in [-0.25, -0.2) is 8.42 Å². The molecule has 0 saturated heterocycles. The van der Waals surface area contributed by atoms with Gasteiger partial charge in [-0.2, -0.15) is 4.31 Å². The SMILES string of the molecule is C=CCN(CCC(=O)Nc1cccc(NC(C)=O)c1)S(C)(=O)=O. The van der Waals surface area contributed by atoms with E-state index < -0.39 is 10.0 Å². The minimum absolute atomic E-state index is 0.0191. The van der Waals surface area contributed by atoms with Gasteiger partial charge in [0.2, 0.25) is 21.8 Å². The molecule has 0 unspecified atom stereocenters. The maximum atomic E-state index is 11.9. The van der Waals surface area contributed by atoms with Crippen LogP contribution < -0.4 is 10.6 Å². The van der Waals surface area contributed by atoms with Gasteiger partial charge in [-0.15, -0.1) is 6.58 Å². The largest absolute Gasteiger partial charge is 0.326 e. The summed E-state index contributed by atoms with van der Waals surface area (Å²) in [7, 11) is -3.38. The molecule has 0 saturated carbocycles. The third-order valence-corrected chi connectivity index (χ3v) is 4.13. The van der Waals surface area contributed by atoms with Crippen LogP contribution in [0.15, 0.2) is 36.9 Å². The van der Waals surface area contributed by atoms with Gasteiger partial charge in [0.15, 0.2) is 0 Å². The molecule has 0 atom stereocenters. The minimum Gasteiger partial charge on any atom is -0.326 e. The van der Waals surface area contributed by atoms with E-state index in [1.165, 1.54) is 17.3 Å². The molecule has 0 fully saturated rings. The minimum atomic E-state index is -3.38. The second-order valence-electron chi connectivity index (χ2n) is 4.97. The van der Waals surface area contributed by atoms with E-state index in [1.54, 1.807) is 24.3 Å². The van der Waals surface area contributed by atoms with Crippen molar-refractivity contribution in [1.82, 2.24) is 4.31 Å². The van der Waals surface area contributed by atoms with E-state index in [9.17, 15) is 18.0 Å². The van der Waals surface area contributed by atoms with E-state index in [1.807, 2.05) is 0 Å². The summed E-state index contributed by atoms with van der Waals surface area (Å²) in [5.41, 5.74) is 1.09. The second-order valence-corrected chi connectivity index (χ2v) is 6.95. The third kappa shape index (κ3) is 7.07. The quantitative estimate of drug-likeness (QED) is 0.700. The van der Waals surface area contributed by atoms with Crippen molar-refractivity contribution >= 4 is 33.2 Å². The highest BCUT2D eigenvalue weighted by atomic mass is 32.2. The molecule has 1 aromatic rings. The molecule has 0 radical (unpaired) electrons. The molecule has 0 aliphatic rings. The molecule has 23 heavy (non-hydrogen) atoms. The molecule has 0 heterocycles. The summed E-state index contributed by atoms with van der Waals surface area (Å²) in [5, 5.41) is 5.28. The number of hydrogen-bond donors (Lipinski definition) is 2. The predicted molar refractivity (Wildman–Crippen MR) is 90.6 cm³/mol. The van der Waals surface area contributed by atoms with Gasteiger partial charge in [0.25, 0.3) is 0 Å². The van der Waals surface area contributed by atoms with E-state index in [-0.39, 0.29) is 31.3 Å². The number of nitrogens with one attached hydrogen (secondary N) is 2. The first-order chi connectivity index (χ1) is 10.7. The maximum Gasteiger partial charge on any atom is 0.225 e. The number of benzene rings is 1. The zero-order chi connectivity index (χ0) is 17.5. The number of rotatable bonds is 8. The number of carbonyl (C=O) groups is 2. The van der Waals surface area contributed by atoms with Gasteiger partial charge < -0.3 is 10.6 Å². The monoisotopic (exact) mass is 339 g/mol. The number of sulfonamides is 1. The molecule has 1 aromatic carbocycles. The fourth-order valence-corrected chi connectivity index (χ4v) is 2.66. The van der Waals surface area contributed by atoms with E-state index >= 15 is 0 Å². The van der Waals surface area contributed by atoms with Gasteiger partial charge in [-0.05, 0) is 18.2 Å². The summed E-state index contributed by atoms with van der Waals surface area (Å²) >= 11 is 0. The van der Waals surface area contributed by atoms with E-state index in [4.69, 9.17) is 0 Å². The molecule has 0 aliphatic carbocycles. The van der Waals surface area contributed by atoms with Crippen molar-refractivity contribution in [3.8, 4) is 0 Å². The van der Waals surface area contributed by atoms with Crippen LogP contribution in [0.3, 0.4) is 0 Å². The van der Waals surface area contributed by atoms with Crippen molar-refractivity contribution in [3.63, 3.8) is 0 Å². The van der Waals surface area contributed by atoms with Gasteiger partial charge in [0.05, 0.1) is 6.26 Å². The first kappa shape index (κ1) is 18.9. The van der Waals surface area contributed by atoms with Crippen LogP contribution >= 0.6 is 0 Å². The Hall–Kier alpha value is -2.19. The van der Waals surface area contributed by atoms with Crippen molar-refractivity contribution in [2.45, 2.75) is 13.3 Å². The zero-order valence-electron chi connectivity index (χ0n) is 13.2. The lowest BCUT2D eigenvalue weighted by Crippen LogP contribution is -2.33. The Labute approximate surface area is 136 Å². The second kappa shape index (κ2) is 8.44. The number of hydrogen-bond acceptors (Lipinski definition) is 4. The van der Waals surface area contributed by atoms with E-state index in [2.05, 4.69) is 17.2 Å². The molecule has 0 bridgehead atoms. The van der Waals surface area contributed by atoms with Crippen LogP contribution in [0, 0.1) is 0 Å². The molecule has 8 heteroatoms. The third-order valence-electron chi connectivity index (χ3n) is 2.86. The standard InChI is InChI=1S/C15H21N3O4S/c1-4-9-18(23(3,21)22)10-8-15(20)17-14-7-5-6-13(11-14)16-12(2)19/h4-7,11H,1,8-10H2,2-3H3,(H,16,19)(H,17,20). The number of nitrogens with zero attached hydrogens (tertiary/aromatic N) is 1. The Morgan fingerprint density at radius 2 is 1.87 bits per heavy atom. The Bertz CT molecular complexity index is 686. The molecule has 0 aromatic heterocycles. The molecule has 7 nitrogen and oxygen atoms in total. The summed E-state index contributed by atoms with van der Waals surface area (Å²) in [6, 6.07) is 6.70. The van der Waals surface area contributed by atoms with E-state index in [0.717, 1.165) is 6.26 Å². The normalized spacial score (nSPS) is 11.1. The van der Waals surface area contributed by atoms with Gasteiger partial charge >= 0.3 is 0 Å². The summed E-state index contributed by atoms with van der Waals surface area (Å²) in [4.78, 5) is 22.9. The van der Waals surface area contributed by atoms with Gasteiger partial charge in [0.1, 0.15) is 0 Å². The first-order valence-corrected chi connectivity index (χ1v) is 8.80. The van der Waals surface area contributed by atoms with Gasteiger partial charge in [-0.3, -0.25) is 9.59 Å². The van der Waals surface area contributed by atoms with Crippen molar-refractivity contribution in [1.29, 1.82) is 0 Å². The van der Waals surface area contributed by atoms with Crippen molar-refractivity contribution in [2.24, 2.45) is 0 Å². The van der Waals surface area contributed by atoms with Crippen LogP contribution in [0.2, 0.25) is 0 Å². The van der Waals surface area contributed by atoms with Crippen molar-refractivity contribution < 1.29 is 18.0 Å². The Morgan fingerprint density at radius 1 is 1.26 bits per heavy atom. The molecule has 2 N–H and O–H groups in total. The summed E-state index contributed by atoms with van der Waals surface area (Å²) in [6.07, 6.45) is 2.58. The summed E-state index contributed by atoms with van der Waals surface area (Å²) in [6.45, 7) is 5.12. The van der Waals surface area contributed by atoms with Crippen molar-refractivity contribution in [2.75, 3.05) is 30.0 Å². The Kier molecular flexibility index (Phi) is 6.92. The first-order valence-electron chi connectivity index (χ1n) is 6.96. The smallest absolute Gasteiger partial charge is 0.225 e. The zero-order valence-corrected chi connectivity index (χ0v) is 14.0. The Balaban J connectivity index is 2.62. The van der Waals surface area contributed by atoms with Crippen LogP contribution in [0.25, 0.3) is 0 Å². The Morgan fingerprint density at radius 3 is 2.39 bits per heavy atom. The molecular formula is C15H21N3O4S. The van der Waals surface area contributed by atoms with Crippen LogP contribution in [0.5, 0.6) is 0 Å². The van der Waals surface area contributed by atoms with E-state index in [0.29, 0.717) is 11.4 Å². The fraction of sp³-hybridized carbons (Fsp3) is 0.333. The lowest BCUT2D eigenvalue weighted by Gasteiger charge is -2.17. The maximum absolute atomic E-state index is 11.9. The average molecular weight is 339 g/mol. The van der Waals surface area contributed by atoms with Crippen LogP contribution in [0.4, 0.5) is 11.4 Å². The highest BCUT2D eigenvalue weighted by molar-refractivity contribution is 7.88. The number of anilines is 2. The van der Waals surface area contributed by atoms with Crippen LogP contribution in [-0.2, 0) is 19.6 Å². The van der Waals surface area contributed by atoms with Gasteiger partial charge in [0, 0.05) is 37.8 Å². The summed E-state index contributed by atoms with van der Waals surface area (Å²) < 4.78 is 24.3. The number of amides is 2. The molecule has 0 spiro atoms. The van der Waals surface area contributed by atoms with Crippen LogP contribution in [0.1, 0.15) is 13.3 Å².